The van der Waals surface area contributed by atoms with Gasteiger partial charge in [-0.2, -0.15) is 0 Å². The molecule has 0 heterocycles. The fourth-order valence-corrected chi connectivity index (χ4v) is 2.29. The van der Waals surface area contributed by atoms with Crippen LogP contribution in [0.1, 0.15) is 31.9 Å². The van der Waals surface area contributed by atoms with Gasteiger partial charge in [0.1, 0.15) is 17.1 Å². The van der Waals surface area contributed by atoms with Gasteiger partial charge in [-0.25, -0.2) is 4.79 Å². The Morgan fingerprint density at radius 2 is 1.88 bits per heavy atom. The summed E-state index contributed by atoms with van der Waals surface area (Å²) in [5.41, 5.74) is 1.54. The number of methoxy groups -OCH3 is 1. The van der Waals surface area contributed by atoms with Crippen molar-refractivity contribution in [1.29, 1.82) is 0 Å². The van der Waals surface area contributed by atoms with Crippen molar-refractivity contribution in [3.05, 3.63) is 53.6 Å². The quantitative estimate of drug-likeness (QED) is 0.819. The maximum absolute atomic E-state index is 12.0. The molecule has 1 amide bonds. The average Bonchev–Trinajstić information content (AvgIpc) is 2.49. The molecule has 128 valence electrons. The first-order valence-electron chi connectivity index (χ1n) is 7.72. The smallest absolute Gasteiger partial charge is 0.412 e. The number of phenolic OH excluding ortho intramolecular Hbond substituents is 1. The van der Waals surface area contributed by atoms with Crippen LogP contribution < -0.4 is 10.1 Å². The summed E-state index contributed by atoms with van der Waals surface area (Å²) >= 11 is 0. The summed E-state index contributed by atoms with van der Waals surface area (Å²) in [5.74, 6) is 0.760. The first-order valence-corrected chi connectivity index (χ1v) is 7.72. The Bertz CT molecular complexity index is 720. The average molecular weight is 329 g/mol. The molecule has 2 rings (SSSR count). The van der Waals surface area contributed by atoms with Crippen LogP contribution in [0.15, 0.2) is 42.5 Å². The number of carbonyl (C=O) groups excluding carboxylic acids is 1. The first kappa shape index (κ1) is 17.7. The highest BCUT2D eigenvalue weighted by atomic mass is 16.6. The molecule has 0 bridgehead atoms. The molecule has 2 N–H and O–H groups in total. The highest BCUT2D eigenvalue weighted by molar-refractivity contribution is 5.88. The fourth-order valence-electron chi connectivity index (χ4n) is 2.29. The lowest BCUT2D eigenvalue weighted by Crippen LogP contribution is -2.27. The maximum atomic E-state index is 12.0. The zero-order valence-corrected chi connectivity index (χ0v) is 14.4. The standard InChI is InChI=1S/C19H23NO4/c1-19(2,3)24-18(22)20-17-14(8-6-10-16(17)21)11-13-7-5-9-15(12-13)23-4/h5-10,12,21H,11H2,1-4H3,(H,20,22). The van der Waals surface area contributed by atoms with E-state index in [9.17, 15) is 9.90 Å². The van der Waals surface area contributed by atoms with Crippen molar-refractivity contribution in [2.75, 3.05) is 12.4 Å². The molecule has 5 heteroatoms. The van der Waals surface area contributed by atoms with Gasteiger partial charge in [0.2, 0.25) is 0 Å². The van der Waals surface area contributed by atoms with Crippen molar-refractivity contribution in [2.45, 2.75) is 32.8 Å². The number of hydrogen-bond acceptors (Lipinski definition) is 4. The predicted molar refractivity (Wildman–Crippen MR) is 93.8 cm³/mol. The lowest BCUT2D eigenvalue weighted by Gasteiger charge is -2.21. The summed E-state index contributed by atoms with van der Waals surface area (Å²) in [5, 5.41) is 12.8. The van der Waals surface area contributed by atoms with Gasteiger partial charge in [0.05, 0.1) is 12.8 Å². The Morgan fingerprint density at radius 1 is 1.17 bits per heavy atom. The number of rotatable bonds is 4. The van der Waals surface area contributed by atoms with E-state index in [-0.39, 0.29) is 5.75 Å². The molecule has 0 aliphatic heterocycles. The topological polar surface area (TPSA) is 67.8 Å². The van der Waals surface area contributed by atoms with Crippen LogP contribution in [0.25, 0.3) is 0 Å². The van der Waals surface area contributed by atoms with Crippen LogP contribution in [0, 0.1) is 0 Å². The Labute approximate surface area is 142 Å². The molecule has 2 aromatic rings. The second-order valence-electron chi connectivity index (χ2n) is 6.47. The molecule has 0 spiro atoms. The van der Waals surface area contributed by atoms with Crippen LogP contribution >= 0.6 is 0 Å². The van der Waals surface area contributed by atoms with E-state index < -0.39 is 11.7 Å². The van der Waals surface area contributed by atoms with Crippen LogP contribution in [-0.4, -0.2) is 23.9 Å². The second kappa shape index (κ2) is 7.25. The van der Waals surface area contributed by atoms with E-state index in [1.165, 1.54) is 6.07 Å². The number of phenols is 1. The SMILES string of the molecule is COc1cccc(Cc2cccc(O)c2NC(=O)OC(C)(C)C)c1. The minimum Gasteiger partial charge on any atom is -0.506 e. The monoisotopic (exact) mass is 329 g/mol. The summed E-state index contributed by atoms with van der Waals surface area (Å²) < 4.78 is 10.5. The summed E-state index contributed by atoms with van der Waals surface area (Å²) in [6.45, 7) is 5.36. The molecule has 5 nitrogen and oxygen atoms in total. The number of hydrogen-bond donors (Lipinski definition) is 2. The molecule has 0 saturated carbocycles. The Balaban J connectivity index is 2.24. The number of anilines is 1. The molecule has 0 aliphatic carbocycles. The van der Waals surface area contributed by atoms with E-state index >= 15 is 0 Å². The van der Waals surface area contributed by atoms with Crippen LogP contribution in [0.2, 0.25) is 0 Å². The summed E-state index contributed by atoms with van der Waals surface area (Å²) in [6.07, 6.45) is -0.0626. The molecule has 0 radical (unpaired) electrons. The molecule has 0 aliphatic rings. The maximum Gasteiger partial charge on any atom is 0.412 e. The minimum atomic E-state index is -0.610. The van der Waals surface area contributed by atoms with Crippen molar-refractivity contribution in [1.82, 2.24) is 0 Å². The molecule has 24 heavy (non-hydrogen) atoms. The molecule has 0 unspecified atom stereocenters. The zero-order chi connectivity index (χ0) is 17.7. The van der Waals surface area contributed by atoms with Gasteiger partial charge in [-0.1, -0.05) is 24.3 Å². The van der Waals surface area contributed by atoms with Crippen LogP contribution in [0.3, 0.4) is 0 Å². The lowest BCUT2D eigenvalue weighted by atomic mass is 10.0. The lowest BCUT2D eigenvalue weighted by molar-refractivity contribution is 0.0635. The van der Waals surface area contributed by atoms with Crippen molar-refractivity contribution in [3.63, 3.8) is 0 Å². The van der Waals surface area contributed by atoms with Crippen molar-refractivity contribution >= 4 is 11.8 Å². The molecule has 2 aromatic carbocycles. The van der Waals surface area contributed by atoms with Gasteiger partial charge >= 0.3 is 6.09 Å². The molecular formula is C19H23NO4. The van der Waals surface area contributed by atoms with Crippen molar-refractivity contribution in [2.24, 2.45) is 0 Å². The summed E-state index contributed by atoms with van der Waals surface area (Å²) in [4.78, 5) is 12.0. The number of nitrogens with one attached hydrogen (secondary N) is 1. The Morgan fingerprint density at radius 3 is 2.54 bits per heavy atom. The van der Waals surface area contributed by atoms with Gasteiger partial charge in [0, 0.05) is 0 Å². The Hall–Kier alpha value is -2.69. The molecule has 0 atom stereocenters. The summed E-state index contributed by atoms with van der Waals surface area (Å²) in [6, 6.07) is 12.8. The number of benzene rings is 2. The van der Waals surface area contributed by atoms with Gasteiger partial charge in [-0.3, -0.25) is 5.32 Å². The number of ether oxygens (including phenoxy) is 2. The van der Waals surface area contributed by atoms with Crippen molar-refractivity contribution in [3.8, 4) is 11.5 Å². The van der Waals surface area contributed by atoms with E-state index in [2.05, 4.69) is 5.32 Å². The minimum absolute atomic E-state index is 0.00116. The normalized spacial score (nSPS) is 11.0. The second-order valence-corrected chi connectivity index (χ2v) is 6.47. The van der Waals surface area contributed by atoms with E-state index in [0.717, 1.165) is 16.9 Å². The molecule has 0 saturated heterocycles. The van der Waals surface area contributed by atoms with Gasteiger partial charge in [0.25, 0.3) is 0 Å². The number of amides is 1. The number of aromatic hydroxyl groups is 1. The summed E-state index contributed by atoms with van der Waals surface area (Å²) in [7, 11) is 1.61. The highest BCUT2D eigenvalue weighted by Gasteiger charge is 2.19. The number of para-hydroxylation sites is 1. The third-order valence-corrected chi connectivity index (χ3v) is 3.28. The van der Waals surface area contributed by atoms with Gasteiger partial charge in [-0.05, 0) is 56.5 Å². The first-order chi connectivity index (χ1) is 11.3. The third kappa shape index (κ3) is 4.91. The largest absolute Gasteiger partial charge is 0.506 e. The zero-order valence-electron chi connectivity index (χ0n) is 14.4. The van der Waals surface area contributed by atoms with Crippen molar-refractivity contribution < 1.29 is 19.4 Å². The van der Waals surface area contributed by atoms with Crippen LogP contribution in [0.5, 0.6) is 11.5 Å². The highest BCUT2D eigenvalue weighted by Crippen LogP contribution is 2.30. The van der Waals surface area contributed by atoms with E-state index in [0.29, 0.717) is 12.1 Å². The molecule has 0 fully saturated rings. The van der Waals surface area contributed by atoms with E-state index in [1.54, 1.807) is 33.9 Å². The van der Waals surface area contributed by atoms with E-state index in [1.807, 2.05) is 30.3 Å². The predicted octanol–water partition coefficient (Wildman–Crippen LogP) is 4.34. The van der Waals surface area contributed by atoms with Gasteiger partial charge in [0.15, 0.2) is 0 Å². The van der Waals surface area contributed by atoms with E-state index in [4.69, 9.17) is 9.47 Å². The third-order valence-electron chi connectivity index (χ3n) is 3.28. The van der Waals surface area contributed by atoms with Gasteiger partial charge in [-0.15, -0.1) is 0 Å². The fraction of sp³-hybridized carbons (Fsp3) is 0.316. The van der Waals surface area contributed by atoms with Crippen LogP contribution in [0.4, 0.5) is 10.5 Å². The molecular weight excluding hydrogens is 306 g/mol. The van der Waals surface area contributed by atoms with Gasteiger partial charge < -0.3 is 14.6 Å². The number of carbonyl (C=O) groups is 1. The van der Waals surface area contributed by atoms with Crippen LogP contribution in [-0.2, 0) is 11.2 Å². The molecule has 0 aromatic heterocycles. The Kier molecular flexibility index (Phi) is 5.34.